The lowest BCUT2D eigenvalue weighted by Gasteiger charge is -2.45. The molecule has 0 aliphatic carbocycles. The molecule has 0 bridgehead atoms. The number of hydrogen-bond acceptors (Lipinski definition) is 3. The maximum atomic E-state index is 13.2. The van der Waals surface area contributed by atoms with Crippen LogP contribution in [0.5, 0.6) is 0 Å². The van der Waals surface area contributed by atoms with Gasteiger partial charge in [-0.25, -0.2) is 4.39 Å². The number of likely N-dealkylation sites (N-methyl/N-ethyl adjacent to an activating group) is 1. The van der Waals surface area contributed by atoms with Crippen molar-refractivity contribution in [2.45, 2.75) is 24.3 Å². The van der Waals surface area contributed by atoms with Crippen molar-refractivity contribution in [3.05, 3.63) is 29.6 Å². The van der Waals surface area contributed by atoms with Gasteiger partial charge in [0.05, 0.1) is 0 Å². The first-order chi connectivity index (χ1) is 8.81. The molecule has 1 amide bonds. The van der Waals surface area contributed by atoms with Crippen LogP contribution >= 0.6 is 12.6 Å². The molecule has 3 nitrogen and oxygen atoms in total. The summed E-state index contributed by atoms with van der Waals surface area (Å²) in [6, 6.07) is 4.30. The molecule has 5 heteroatoms. The highest BCUT2D eigenvalue weighted by Crippen LogP contribution is 2.22. The molecule has 1 aliphatic heterocycles. The highest BCUT2D eigenvalue weighted by atomic mass is 32.1. The molecule has 0 radical (unpaired) electrons. The Labute approximate surface area is 118 Å². The normalized spacial score (nSPS) is 19.5. The van der Waals surface area contributed by atoms with Crippen molar-refractivity contribution in [1.29, 1.82) is 0 Å². The lowest BCUT2D eigenvalue weighted by Crippen LogP contribution is -2.58. The minimum Gasteiger partial charge on any atom is -0.336 e. The number of amides is 1. The van der Waals surface area contributed by atoms with Gasteiger partial charge < -0.3 is 4.90 Å². The predicted octanol–water partition coefficient (Wildman–Crippen LogP) is 2.28. The Hall–Kier alpha value is -1.07. The molecule has 1 aromatic carbocycles. The Morgan fingerprint density at radius 1 is 1.37 bits per heavy atom. The van der Waals surface area contributed by atoms with Gasteiger partial charge in [-0.1, -0.05) is 0 Å². The molecule has 1 saturated heterocycles. The van der Waals surface area contributed by atoms with Crippen molar-refractivity contribution in [3.8, 4) is 0 Å². The van der Waals surface area contributed by atoms with E-state index in [4.69, 9.17) is 0 Å². The van der Waals surface area contributed by atoms with Crippen LogP contribution in [0.25, 0.3) is 0 Å². The maximum absolute atomic E-state index is 13.2. The van der Waals surface area contributed by atoms with Gasteiger partial charge in [-0.05, 0) is 39.1 Å². The highest BCUT2D eigenvalue weighted by molar-refractivity contribution is 7.80. The van der Waals surface area contributed by atoms with Crippen LogP contribution in [0.2, 0.25) is 0 Å². The van der Waals surface area contributed by atoms with Crippen LogP contribution in [0.3, 0.4) is 0 Å². The monoisotopic (exact) mass is 282 g/mol. The van der Waals surface area contributed by atoms with Crippen LogP contribution in [0.15, 0.2) is 23.1 Å². The van der Waals surface area contributed by atoms with E-state index in [1.54, 1.807) is 0 Å². The van der Waals surface area contributed by atoms with Gasteiger partial charge in [-0.3, -0.25) is 9.69 Å². The lowest BCUT2D eigenvalue weighted by atomic mass is 9.99. The van der Waals surface area contributed by atoms with Crippen LogP contribution in [0.1, 0.15) is 24.2 Å². The van der Waals surface area contributed by atoms with Gasteiger partial charge in [-0.2, -0.15) is 0 Å². The average Bonchev–Trinajstić information content (AvgIpc) is 2.35. The summed E-state index contributed by atoms with van der Waals surface area (Å²) in [4.78, 5) is 16.7. The molecular weight excluding hydrogens is 263 g/mol. The quantitative estimate of drug-likeness (QED) is 0.799. The second kappa shape index (κ2) is 5.13. The van der Waals surface area contributed by atoms with Crippen LogP contribution in [0, 0.1) is 5.82 Å². The Bertz CT molecular complexity index is 504. The number of hydrogen-bond donors (Lipinski definition) is 1. The van der Waals surface area contributed by atoms with Crippen molar-refractivity contribution < 1.29 is 9.18 Å². The minimum absolute atomic E-state index is 0.0439. The van der Waals surface area contributed by atoms with Crippen LogP contribution in [0.4, 0.5) is 4.39 Å². The molecule has 0 saturated carbocycles. The third kappa shape index (κ3) is 2.92. The molecule has 104 valence electrons. The van der Waals surface area contributed by atoms with Crippen molar-refractivity contribution in [3.63, 3.8) is 0 Å². The van der Waals surface area contributed by atoms with Crippen molar-refractivity contribution >= 4 is 18.5 Å². The van der Waals surface area contributed by atoms with E-state index in [-0.39, 0.29) is 16.3 Å². The van der Waals surface area contributed by atoms with E-state index in [9.17, 15) is 9.18 Å². The zero-order chi connectivity index (χ0) is 14.2. The second-order valence-electron chi connectivity index (χ2n) is 5.63. The summed E-state index contributed by atoms with van der Waals surface area (Å²) in [5, 5.41) is 0. The van der Waals surface area contributed by atoms with E-state index in [1.807, 2.05) is 4.90 Å². The van der Waals surface area contributed by atoms with Gasteiger partial charge in [-0.15, -0.1) is 12.6 Å². The third-order valence-corrected chi connectivity index (χ3v) is 4.14. The Morgan fingerprint density at radius 3 is 2.63 bits per heavy atom. The average molecular weight is 282 g/mol. The number of nitrogens with zero attached hydrogens (tertiary/aromatic N) is 2. The van der Waals surface area contributed by atoms with Crippen LogP contribution in [-0.4, -0.2) is 47.9 Å². The minimum atomic E-state index is -0.404. The number of halogens is 1. The Morgan fingerprint density at radius 2 is 2.05 bits per heavy atom. The molecule has 0 unspecified atom stereocenters. The molecule has 1 aliphatic rings. The fourth-order valence-electron chi connectivity index (χ4n) is 2.24. The van der Waals surface area contributed by atoms with Gasteiger partial charge in [0.1, 0.15) is 5.82 Å². The van der Waals surface area contributed by atoms with E-state index in [1.165, 1.54) is 18.2 Å². The molecule has 1 aromatic rings. The molecule has 0 spiro atoms. The highest BCUT2D eigenvalue weighted by Gasteiger charge is 2.33. The number of carbonyl (C=O) groups excluding carboxylic acids is 1. The van der Waals surface area contributed by atoms with Crippen molar-refractivity contribution in [1.82, 2.24) is 9.80 Å². The summed E-state index contributed by atoms with van der Waals surface area (Å²) in [5.41, 5.74) is 0.448. The van der Waals surface area contributed by atoms with Gasteiger partial charge in [0.25, 0.3) is 5.91 Å². The first kappa shape index (κ1) is 14.3. The number of rotatable bonds is 1. The Balaban J connectivity index is 2.18. The van der Waals surface area contributed by atoms with Gasteiger partial charge in [0.15, 0.2) is 0 Å². The predicted molar refractivity (Wildman–Crippen MR) is 76.3 cm³/mol. The van der Waals surface area contributed by atoms with Crippen molar-refractivity contribution in [2.24, 2.45) is 0 Å². The second-order valence-corrected chi connectivity index (χ2v) is 6.11. The summed E-state index contributed by atoms with van der Waals surface area (Å²) in [6.45, 7) is 6.43. The van der Waals surface area contributed by atoms with Gasteiger partial charge >= 0.3 is 0 Å². The summed E-state index contributed by atoms with van der Waals surface area (Å²) < 4.78 is 13.2. The summed E-state index contributed by atoms with van der Waals surface area (Å²) >= 11 is 4.02. The first-order valence-corrected chi connectivity index (χ1v) is 6.75. The van der Waals surface area contributed by atoms with E-state index < -0.39 is 5.82 Å². The lowest BCUT2D eigenvalue weighted by molar-refractivity contribution is 0.0311. The standard InChI is InChI=1S/C14H19FN2OS/c1-14(2)9-17(7-6-16(14)3)13(18)10-4-5-11(15)12(19)8-10/h4-5,8,19H,6-7,9H2,1-3H3. The molecule has 1 heterocycles. The topological polar surface area (TPSA) is 23.6 Å². The van der Waals surface area contributed by atoms with E-state index in [0.29, 0.717) is 18.7 Å². The number of piperazine rings is 1. The largest absolute Gasteiger partial charge is 0.336 e. The fourth-order valence-corrected chi connectivity index (χ4v) is 2.46. The SMILES string of the molecule is CN1CCN(C(=O)c2ccc(F)c(S)c2)CC1(C)C. The summed E-state index contributed by atoms with van der Waals surface area (Å²) in [6.07, 6.45) is 0. The van der Waals surface area contributed by atoms with E-state index in [0.717, 1.165) is 6.54 Å². The summed E-state index contributed by atoms with van der Waals surface area (Å²) in [7, 11) is 2.06. The number of thiol groups is 1. The van der Waals surface area contributed by atoms with Gasteiger partial charge in [0.2, 0.25) is 0 Å². The van der Waals surface area contributed by atoms with E-state index in [2.05, 4.69) is 38.4 Å². The molecule has 0 N–H and O–H groups in total. The Kier molecular flexibility index (Phi) is 3.87. The zero-order valence-corrected chi connectivity index (χ0v) is 12.4. The van der Waals surface area contributed by atoms with Crippen LogP contribution in [-0.2, 0) is 0 Å². The van der Waals surface area contributed by atoms with Crippen LogP contribution < -0.4 is 0 Å². The zero-order valence-electron chi connectivity index (χ0n) is 11.5. The first-order valence-electron chi connectivity index (χ1n) is 6.30. The van der Waals surface area contributed by atoms with Crippen molar-refractivity contribution in [2.75, 3.05) is 26.7 Å². The molecule has 0 atom stereocenters. The third-order valence-electron chi connectivity index (χ3n) is 3.80. The maximum Gasteiger partial charge on any atom is 0.254 e. The molecular formula is C14H19FN2OS. The molecule has 0 aromatic heterocycles. The number of carbonyl (C=O) groups is 1. The number of benzene rings is 1. The van der Waals surface area contributed by atoms with Gasteiger partial charge in [0, 0.05) is 35.6 Å². The smallest absolute Gasteiger partial charge is 0.254 e. The summed E-state index contributed by atoms with van der Waals surface area (Å²) in [5.74, 6) is -0.463. The molecule has 2 rings (SSSR count). The molecule has 1 fully saturated rings. The molecule has 19 heavy (non-hydrogen) atoms. The van der Waals surface area contributed by atoms with E-state index >= 15 is 0 Å². The fraction of sp³-hybridized carbons (Fsp3) is 0.500.